The maximum absolute atomic E-state index is 9.09. The van der Waals surface area contributed by atoms with Gasteiger partial charge in [0.25, 0.3) is 5.95 Å². The molecule has 1 aliphatic rings. The van der Waals surface area contributed by atoms with Crippen LogP contribution in [0.1, 0.15) is 29.8 Å². The Bertz CT molecular complexity index is 579. The van der Waals surface area contributed by atoms with Crippen LogP contribution in [-0.4, -0.2) is 19.7 Å². The third kappa shape index (κ3) is 1.58. The molecule has 0 unspecified atom stereocenters. The summed E-state index contributed by atoms with van der Waals surface area (Å²) >= 11 is 0. The zero-order chi connectivity index (χ0) is 11.7. The molecule has 17 heavy (non-hydrogen) atoms. The van der Waals surface area contributed by atoms with Crippen molar-refractivity contribution in [3.63, 3.8) is 0 Å². The molecule has 2 aromatic heterocycles. The Balaban J connectivity index is 2.18. The zero-order valence-electron chi connectivity index (χ0n) is 9.30. The molecule has 84 valence electrons. The summed E-state index contributed by atoms with van der Waals surface area (Å²) in [6.07, 6.45) is 7.52. The molecule has 5 heteroatoms. The average molecular weight is 225 g/mol. The summed E-state index contributed by atoms with van der Waals surface area (Å²) in [6.45, 7) is 0. The number of hydrogen-bond donors (Lipinski definition) is 0. The quantitative estimate of drug-likeness (QED) is 0.736. The Labute approximate surface area is 98.7 Å². The van der Waals surface area contributed by atoms with Crippen LogP contribution in [0.15, 0.2) is 18.5 Å². The van der Waals surface area contributed by atoms with E-state index in [4.69, 9.17) is 5.26 Å². The highest BCUT2D eigenvalue weighted by molar-refractivity contribution is 5.39. The highest BCUT2D eigenvalue weighted by atomic mass is 15.4. The van der Waals surface area contributed by atoms with Gasteiger partial charge in [-0.15, -0.1) is 0 Å². The molecule has 0 atom stereocenters. The second-order valence-corrected chi connectivity index (χ2v) is 4.05. The first-order valence-corrected chi connectivity index (χ1v) is 5.68. The predicted molar refractivity (Wildman–Crippen MR) is 60.5 cm³/mol. The molecule has 0 saturated heterocycles. The number of fused-ring (bicyclic) bond motifs is 1. The van der Waals surface area contributed by atoms with Gasteiger partial charge < -0.3 is 0 Å². The molecule has 0 bridgehead atoms. The van der Waals surface area contributed by atoms with Crippen molar-refractivity contribution in [3.05, 3.63) is 35.4 Å². The molecule has 5 nitrogen and oxygen atoms in total. The van der Waals surface area contributed by atoms with Gasteiger partial charge >= 0.3 is 0 Å². The minimum atomic E-state index is 0.521. The summed E-state index contributed by atoms with van der Waals surface area (Å²) in [7, 11) is 0. The van der Waals surface area contributed by atoms with Crippen LogP contribution < -0.4 is 0 Å². The standard InChI is InChI=1S/C12H11N5/c13-8-10-9-4-1-2-5-11(9)17(16-10)12-14-6-3-7-15-12/h3,6-7H,1-2,4-5H2. The fourth-order valence-corrected chi connectivity index (χ4v) is 2.25. The lowest BCUT2D eigenvalue weighted by Crippen LogP contribution is -2.10. The van der Waals surface area contributed by atoms with Crippen molar-refractivity contribution in [1.29, 1.82) is 5.26 Å². The number of aromatic nitrogens is 4. The van der Waals surface area contributed by atoms with Gasteiger partial charge in [0, 0.05) is 18.0 Å². The van der Waals surface area contributed by atoms with E-state index in [0.717, 1.165) is 36.9 Å². The SMILES string of the molecule is N#Cc1nn(-c2ncccn2)c2c1CCCC2. The fraction of sp³-hybridized carbons (Fsp3) is 0.333. The van der Waals surface area contributed by atoms with Crippen molar-refractivity contribution < 1.29 is 0 Å². The van der Waals surface area contributed by atoms with Crippen LogP contribution in [0.4, 0.5) is 0 Å². The van der Waals surface area contributed by atoms with E-state index < -0.39 is 0 Å². The van der Waals surface area contributed by atoms with Crippen molar-refractivity contribution in [2.45, 2.75) is 25.7 Å². The van der Waals surface area contributed by atoms with Gasteiger partial charge in [-0.3, -0.25) is 0 Å². The van der Waals surface area contributed by atoms with Crippen LogP contribution >= 0.6 is 0 Å². The zero-order valence-corrected chi connectivity index (χ0v) is 9.30. The van der Waals surface area contributed by atoms with E-state index in [-0.39, 0.29) is 0 Å². The van der Waals surface area contributed by atoms with E-state index >= 15 is 0 Å². The molecule has 2 aromatic rings. The van der Waals surface area contributed by atoms with E-state index in [1.807, 2.05) is 0 Å². The topological polar surface area (TPSA) is 67.4 Å². The summed E-state index contributed by atoms with van der Waals surface area (Å²) < 4.78 is 1.72. The summed E-state index contributed by atoms with van der Waals surface area (Å²) in [4.78, 5) is 8.37. The van der Waals surface area contributed by atoms with Crippen molar-refractivity contribution in [2.24, 2.45) is 0 Å². The summed E-state index contributed by atoms with van der Waals surface area (Å²) in [6, 6.07) is 3.93. The molecule has 0 radical (unpaired) electrons. The highest BCUT2D eigenvalue weighted by Crippen LogP contribution is 2.25. The van der Waals surface area contributed by atoms with Gasteiger partial charge in [0.1, 0.15) is 6.07 Å². The average Bonchev–Trinajstić information content (AvgIpc) is 2.78. The van der Waals surface area contributed by atoms with Crippen molar-refractivity contribution in [2.75, 3.05) is 0 Å². The maximum atomic E-state index is 9.09. The van der Waals surface area contributed by atoms with Crippen LogP contribution in [0.25, 0.3) is 5.95 Å². The molecule has 0 aromatic carbocycles. The van der Waals surface area contributed by atoms with Gasteiger partial charge in [-0.25, -0.2) is 14.6 Å². The molecule has 0 N–H and O–H groups in total. The van der Waals surface area contributed by atoms with Gasteiger partial charge in [0.15, 0.2) is 5.69 Å². The molecule has 0 aliphatic heterocycles. The lowest BCUT2D eigenvalue weighted by Gasteiger charge is -2.12. The second kappa shape index (κ2) is 3.98. The monoisotopic (exact) mass is 225 g/mol. The van der Waals surface area contributed by atoms with Crippen LogP contribution in [0, 0.1) is 11.3 Å². The van der Waals surface area contributed by atoms with Crippen LogP contribution in [-0.2, 0) is 12.8 Å². The number of nitrogens with zero attached hydrogens (tertiary/aromatic N) is 5. The molecule has 3 rings (SSSR count). The molecular weight excluding hydrogens is 214 g/mol. The lowest BCUT2D eigenvalue weighted by atomic mass is 9.96. The Morgan fingerprint density at radius 3 is 2.71 bits per heavy atom. The van der Waals surface area contributed by atoms with Crippen LogP contribution in [0.2, 0.25) is 0 Å². The largest absolute Gasteiger partial charge is 0.250 e. The van der Waals surface area contributed by atoms with E-state index in [9.17, 15) is 0 Å². The van der Waals surface area contributed by atoms with Gasteiger partial charge in [-0.05, 0) is 31.7 Å². The highest BCUT2D eigenvalue weighted by Gasteiger charge is 2.22. The summed E-state index contributed by atoms with van der Waals surface area (Å²) in [5.74, 6) is 0.548. The molecule has 0 saturated carbocycles. The maximum Gasteiger partial charge on any atom is 0.250 e. The van der Waals surface area contributed by atoms with E-state index in [0.29, 0.717) is 11.6 Å². The van der Waals surface area contributed by atoms with Crippen LogP contribution in [0.3, 0.4) is 0 Å². The van der Waals surface area contributed by atoms with Crippen molar-refractivity contribution >= 4 is 0 Å². The first-order valence-electron chi connectivity index (χ1n) is 5.68. The van der Waals surface area contributed by atoms with E-state index in [1.165, 1.54) is 0 Å². The summed E-state index contributed by atoms with van der Waals surface area (Å²) in [5, 5.41) is 13.4. The smallest absolute Gasteiger partial charge is 0.220 e. The first-order chi connectivity index (χ1) is 8.40. The molecule has 1 aliphatic carbocycles. The number of nitriles is 1. The first kappa shape index (κ1) is 9.97. The molecular formula is C12H11N5. The predicted octanol–water partition coefficient (Wildman–Crippen LogP) is 1.41. The number of rotatable bonds is 1. The van der Waals surface area contributed by atoms with Gasteiger partial charge in [-0.2, -0.15) is 10.4 Å². The summed E-state index contributed by atoms with van der Waals surface area (Å²) in [5.41, 5.74) is 2.69. The molecule has 0 fully saturated rings. The molecule has 0 spiro atoms. The van der Waals surface area contributed by atoms with Gasteiger partial charge in [0.2, 0.25) is 0 Å². The second-order valence-electron chi connectivity index (χ2n) is 4.05. The van der Waals surface area contributed by atoms with Gasteiger partial charge in [-0.1, -0.05) is 0 Å². The fourth-order valence-electron chi connectivity index (χ4n) is 2.25. The van der Waals surface area contributed by atoms with E-state index in [2.05, 4.69) is 21.1 Å². The Kier molecular flexibility index (Phi) is 2.33. The minimum absolute atomic E-state index is 0.521. The minimum Gasteiger partial charge on any atom is -0.220 e. The Morgan fingerprint density at radius 2 is 1.94 bits per heavy atom. The molecule has 0 amide bonds. The number of hydrogen-bond acceptors (Lipinski definition) is 4. The van der Waals surface area contributed by atoms with Crippen LogP contribution in [0.5, 0.6) is 0 Å². The van der Waals surface area contributed by atoms with Crippen molar-refractivity contribution in [1.82, 2.24) is 19.7 Å². The van der Waals surface area contributed by atoms with Gasteiger partial charge in [0.05, 0.1) is 5.69 Å². The normalized spacial score (nSPS) is 14.1. The third-order valence-electron chi connectivity index (χ3n) is 3.03. The lowest BCUT2D eigenvalue weighted by molar-refractivity contribution is 0.643. The third-order valence-corrected chi connectivity index (χ3v) is 3.03. The molecule has 2 heterocycles. The Morgan fingerprint density at radius 1 is 1.18 bits per heavy atom. The van der Waals surface area contributed by atoms with E-state index in [1.54, 1.807) is 23.1 Å². The Hall–Kier alpha value is -2.22. The van der Waals surface area contributed by atoms with Crippen molar-refractivity contribution in [3.8, 4) is 12.0 Å².